The lowest BCUT2D eigenvalue weighted by atomic mass is 10.3. The first kappa shape index (κ1) is 20.3. The van der Waals surface area contributed by atoms with Crippen molar-refractivity contribution < 1.29 is 4.74 Å². The zero-order valence-corrected chi connectivity index (χ0v) is 16.0. The van der Waals surface area contributed by atoms with Gasteiger partial charge in [-0.1, -0.05) is 13.0 Å². The summed E-state index contributed by atoms with van der Waals surface area (Å²) in [7, 11) is 1.77. The van der Waals surface area contributed by atoms with Gasteiger partial charge in [0.1, 0.15) is 0 Å². The van der Waals surface area contributed by atoms with Crippen LogP contribution in [0.25, 0.3) is 0 Å². The van der Waals surface area contributed by atoms with E-state index in [0.717, 1.165) is 30.2 Å². The Morgan fingerprint density at radius 2 is 2.19 bits per heavy atom. The summed E-state index contributed by atoms with van der Waals surface area (Å²) in [6, 6.07) is 3.91. The molecule has 0 aliphatic rings. The molecule has 0 unspecified atom stereocenters. The van der Waals surface area contributed by atoms with Gasteiger partial charge in [0.25, 0.3) is 0 Å². The molecule has 2 N–H and O–H groups in total. The van der Waals surface area contributed by atoms with Gasteiger partial charge in [-0.25, -0.2) is 4.98 Å². The molecule has 0 aliphatic carbocycles. The van der Waals surface area contributed by atoms with Gasteiger partial charge in [-0.05, 0) is 18.2 Å². The summed E-state index contributed by atoms with van der Waals surface area (Å²) in [6.45, 7) is 4.38. The first-order chi connectivity index (χ1) is 9.80. The van der Waals surface area contributed by atoms with E-state index in [9.17, 15) is 0 Å². The van der Waals surface area contributed by atoms with Crippen LogP contribution >= 0.6 is 35.7 Å². The third-order valence-corrected chi connectivity index (χ3v) is 3.15. The zero-order chi connectivity index (χ0) is 14.6. The lowest BCUT2D eigenvalue weighted by molar-refractivity contribution is 0.305. The average Bonchev–Trinajstić information content (AvgIpc) is 2.49. The molecule has 1 heterocycles. The van der Waals surface area contributed by atoms with E-state index in [-0.39, 0.29) is 24.0 Å². The Bertz CT molecular complexity index is 400. The smallest absolute Gasteiger partial charge is 0.213 e. The summed E-state index contributed by atoms with van der Waals surface area (Å²) < 4.78 is 5.45. The van der Waals surface area contributed by atoms with Gasteiger partial charge in [-0.15, -0.1) is 24.0 Å². The third-order valence-electron chi connectivity index (χ3n) is 2.53. The second kappa shape index (κ2) is 13.0. The van der Waals surface area contributed by atoms with Gasteiger partial charge >= 0.3 is 0 Å². The van der Waals surface area contributed by atoms with Crippen molar-refractivity contribution in [1.29, 1.82) is 0 Å². The van der Waals surface area contributed by atoms with Crippen molar-refractivity contribution in [1.82, 2.24) is 15.6 Å². The fraction of sp³-hybridized carbons (Fsp3) is 0.571. The molecule has 1 aromatic heterocycles. The van der Waals surface area contributed by atoms with Gasteiger partial charge in [-0.2, -0.15) is 11.8 Å². The molecule has 21 heavy (non-hydrogen) atoms. The molecule has 0 spiro atoms. The van der Waals surface area contributed by atoms with Gasteiger partial charge in [-0.3, -0.25) is 4.99 Å². The molecule has 0 aromatic carbocycles. The molecule has 7 heteroatoms. The van der Waals surface area contributed by atoms with E-state index in [1.54, 1.807) is 7.05 Å². The Morgan fingerprint density at radius 1 is 1.38 bits per heavy atom. The molecule has 5 nitrogen and oxygen atoms in total. The van der Waals surface area contributed by atoms with E-state index in [0.29, 0.717) is 19.0 Å². The van der Waals surface area contributed by atoms with Crippen LogP contribution in [0.3, 0.4) is 0 Å². The summed E-state index contributed by atoms with van der Waals surface area (Å²) >= 11 is 1.81. The summed E-state index contributed by atoms with van der Waals surface area (Å²) in [4.78, 5) is 8.44. The molecule has 120 valence electrons. The number of guanidine groups is 1. The summed E-state index contributed by atoms with van der Waals surface area (Å²) in [5.41, 5.74) is 1.10. The molecule has 0 aliphatic heterocycles. The van der Waals surface area contributed by atoms with Crippen molar-refractivity contribution in [2.75, 3.05) is 32.2 Å². The van der Waals surface area contributed by atoms with E-state index in [2.05, 4.69) is 33.8 Å². The lowest BCUT2D eigenvalue weighted by Gasteiger charge is -2.11. The minimum Gasteiger partial charge on any atom is -0.478 e. The average molecular weight is 424 g/mol. The Kier molecular flexibility index (Phi) is 12.6. The normalized spacial score (nSPS) is 10.7. The van der Waals surface area contributed by atoms with Crippen molar-refractivity contribution in [3.8, 4) is 5.88 Å². The van der Waals surface area contributed by atoms with Gasteiger partial charge in [0, 0.05) is 38.2 Å². The third kappa shape index (κ3) is 9.02. The minimum atomic E-state index is 0. The first-order valence-corrected chi connectivity index (χ1v) is 8.20. The van der Waals surface area contributed by atoms with Crippen molar-refractivity contribution in [2.45, 2.75) is 19.9 Å². The van der Waals surface area contributed by atoms with Crippen LogP contribution in [0.15, 0.2) is 23.3 Å². The molecule has 0 amide bonds. The molecule has 0 bridgehead atoms. The van der Waals surface area contributed by atoms with Crippen molar-refractivity contribution in [3.05, 3.63) is 23.9 Å². The fourth-order valence-corrected chi connectivity index (χ4v) is 1.79. The topological polar surface area (TPSA) is 58.5 Å². The maximum Gasteiger partial charge on any atom is 0.213 e. The number of hydrogen-bond acceptors (Lipinski definition) is 4. The van der Waals surface area contributed by atoms with E-state index in [1.165, 1.54) is 0 Å². The number of nitrogens with zero attached hydrogens (tertiary/aromatic N) is 2. The highest BCUT2D eigenvalue weighted by atomic mass is 127. The summed E-state index contributed by atoms with van der Waals surface area (Å²) in [5, 5.41) is 6.51. The number of pyridine rings is 1. The van der Waals surface area contributed by atoms with E-state index < -0.39 is 0 Å². The highest BCUT2D eigenvalue weighted by Gasteiger charge is 1.99. The molecule has 1 aromatic rings. The van der Waals surface area contributed by atoms with Crippen LogP contribution in [0.5, 0.6) is 5.88 Å². The van der Waals surface area contributed by atoms with Crippen molar-refractivity contribution >= 4 is 41.7 Å². The Balaban J connectivity index is 0.00000400. The monoisotopic (exact) mass is 424 g/mol. The number of nitrogens with one attached hydrogen (secondary N) is 2. The molecule has 0 fully saturated rings. The SMILES string of the molecule is CCCOc1ccc(CNC(=NC)NCCSC)cn1.I. The molecular formula is C14H25IN4OS. The minimum absolute atomic E-state index is 0. The largest absolute Gasteiger partial charge is 0.478 e. The van der Waals surface area contributed by atoms with Crippen LogP contribution in [0.4, 0.5) is 0 Å². The number of rotatable bonds is 8. The Morgan fingerprint density at radius 3 is 2.76 bits per heavy atom. The molecule has 0 saturated heterocycles. The van der Waals surface area contributed by atoms with Crippen LogP contribution in [-0.2, 0) is 6.54 Å². The van der Waals surface area contributed by atoms with Crippen LogP contribution in [0.1, 0.15) is 18.9 Å². The van der Waals surface area contributed by atoms with Crippen molar-refractivity contribution in [2.24, 2.45) is 4.99 Å². The number of hydrogen-bond donors (Lipinski definition) is 2. The van der Waals surface area contributed by atoms with Crippen LogP contribution in [-0.4, -0.2) is 43.2 Å². The number of thioether (sulfide) groups is 1. The number of aliphatic imine (C=N–C) groups is 1. The van der Waals surface area contributed by atoms with Gasteiger partial charge in [0.2, 0.25) is 5.88 Å². The molecule has 0 radical (unpaired) electrons. The first-order valence-electron chi connectivity index (χ1n) is 6.81. The number of ether oxygens (including phenoxy) is 1. The maximum absolute atomic E-state index is 5.45. The fourth-order valence-electron chi connectivity index (χ4n) is 1.49. The molecule has 0 saturated carbocycles. The van der Waals surface area contributed by atoms with Gasteiger partial charge < -0.3 is 15.4 Å². The van der Waals surface area contributed by atoms with E-state index in [1.807, 2.05) is 30.1 Å². The Labute approximate surface area is 148 Å². The van der Waals surface area contributed by atoms with Crippen LogP contribution < -0.4 is 15.4 Å². The maximum atomic E-state index is 5.45. The molecule has 1 rings (SSSR count). The highest BCUT2D eigenvalue weighted by Crippen LogP contribution is 2.07. The summed E-state index contributed by atoms with van der Waals surface area (Å²) in [5.74, 6) is 2.55. The van der Waals surface area contributed by atoms with Gasteiger partial charge in [0.05, 0.1) is 6.61 Å². The predicted octanol–water partition coefficient (Wildman–Crippen LogP) is 2.52. The molecular weight excluding hydrogens is 399 g/mol. The van der Waals surface area contributed by atoms with Gasteiger partial charge in [0.15, 0.2) is 5.96 Å². The van der Waals surface area contributed by atoms with Crippen LogP contribution in [0.2, 0.25) is 0 Å². The zero-order valence-electron chi connectivity index (χ0n) is 12.9. The standard InChI is InChI=1S/C14H24N4OS.HI/c1-4-8-19-13-6-5-12(10-17-13)11-18-14(15-2)16-7-9-20-3;/h5-6,10H,4,7-9,11H2,1-3H3,(H2,15,16,18);1H. The highest BCUT2D eigenvalue weighted by molar-refractivity contribution is 14.0. The van der Waals surface area contributed by atoms with Crippen molar-refractivity contribution in [3.63, 3.8) is 0 Å². The summed E-state index contributed by atoms with van der Waals surface area (Å²) in [6.07, 6.45) is 4.90. The second-order valence-electron chi connectivity index (χ2n) is 4.20. The number of halogens is 1. The van der Waals surface area contributed by atoms with E-state index in [4.69, 9.17) is 4.74 Å². The number of aromatic nitrogens is 1. The second-order valence-corrected chi connectivity index (χ2v) is 5.18. The lowest BCUT2D eigenvalue weighted by Crippen LogP contribution is -2.37. The van der Waals surface area contributed by atoms with Crippen LogP contribution in [0, 0.1) is 0 Å². The Hall–Kier alpha value is -0.700. The molecule has 0 atom stereocenters. The quantitative estimate of drug-likeness (QED) is 0.291. The predicted molar refractivity (Wildman–Crippen MR) is 102 cm³/mol. The van der Waals surface area contributed by atoms with E-state index >= 15 is 0 Å².